The summed E-state index contributed by atoms with van der Waals surface area (Å²) in [5.74, 6) is 0.734. The Morgan fingerprint density at radius 2 is 1.52 bits per heavy atom. The Labute approximate surface area is 175 Å². The van der Waals surface area contributed by atoms with Gasteiger partial charge < -0.3 is 16.0 Å². The molecular weight excluding hydrogens is 354 g/mol. The minimum atomic E-state index is 0.603. The minimum Gasteiger partial charge on any atom is -0.367 e. The first-order valence-electron chi connectivity index (χ1n) is 10.5. The van der Waals surface area contributed by atoms with Crippen molar-refractivity contribution in [2.24, 2.45) is 11.7 Å². The minimum absolute atomic E-state index is 0.603. The molecule has 0 bridgehead atoms. The van der Waals surface area contributed by atoms with Crippen molar-refractivity contribution in [3.63, 3.8) is 0 Å². The normalized spacial score (nSPS) is 15.4. The van der Waals surface area contributed by atoms with Gasteiger partial charge in [-0.3, -0.25) is 0 Å². The molecule has 0 radical (unpaired) electrons. The average Bonchev–Trinajstić information content (AvgIpc) is 3.28. The Bertz CT molecular complexity index is 810. The van der Waals surface area contributed by atoms with Crippen molar-refractivity contribution < 1.29 is 0 Å². The number of anilines is 1. The summed E-state index contributed by atoms with van der Waals surface area (Å²) in [7, 11) is 0. The van der Waals surface area contributed by atoms with Crippen molar-refractivity contribution in [2.45, 2.75) is 26.4 Å². The van der Waals surface area contributed by atoms with Crippen molar-refractivity contribution in [3.8, 4) is 0 Å². The molecule has 3 aromatic rings. The molecule has 1 aliphatic rings. The van der Waals surface area contributed by atoms with Crippen molar-refractivity contribution in [1.29, 1.82) is 0 Å². The van der Waals surface area contributed by atoms with Gasteiger partial charge in [-0.15, -0.1) is 0 Å². The summed E-state index contributed by atoms with van der Waals surface area (Å²) >= 11 is 0. The van der Waals surface area contributed by atoms with Crippen LogP contribution < -0.4 is 16.0 Å². The number of hydrogen-bond donors (Lipinski definition) is 2. The van der Waals surface area contributed by atoms with Crippen LogP contribution in [0.25, 0.3) is 0 Å². The van der Waals surface area contributed by atoms with E-state index in [4.69, 9.17) is 5.73 Å². The van der Waals surface area contributed by atoms with Crippen LogP contribution >= 0.6 is 0 Å². The molecule has 3 aromatic carbocycles. The molecule has 1 atom stereocenters. The summed E-state index contributed by atoms with van der Waals surface area (Å²) in [4.78, 5) is 2.49. The number of nitrogens with two attached hydrogens (primary N) is 1. The highest BCUT2D eigenvalue weighted by Gasteiger charge is 2.18. The zero-order chi connectivity index (χ0) is 20.3. The summed E-state index contributed by atoms with van der Waals surface area (Å²) in [5, 5.41) is 3.47. The first-order chi connectivity index (χ1) is 14.2. The molecule has 0 amide bonds. The maximum Gasteiger partial charge on any atom is 0.0429 e. The molecule has 1 saturated heterocycles. The Balaban J connectivity index is 0.000000290. The lowest BCUT2D eigenvalue weighted by atomic mass is 10.1. The van der Waals surface area contributed by atoms with Crippen LogP contribution in [0.3, 0.4) is 0 Å². The van der Waals surface area contributed by atoms with E-state index in [-0.39, 0.29) is 0 Å². The molecule has 1 unspecified atom stereocenters. The molecule has 4 rings (SSSR count). The maximum atomic E-state index is 5.71. The van der Waals surface area contributed by atoms with Gasteiger partial charge in [-0.25, -0.2) is 0 Å². The van der Waals surface area contributed by atoms with Crippen LogP contribution in [-0.4, -0.2) is 19.6 Å². The van der Waals surface area contributed by atoms with Crippen LogP contribution in [0.15, 0.2) is 84.9 Å². The second-order valence-corrected chi connectivity index (χ2v) is 7.75. The van der Waals surface area contributed by atoms with Gasteiger partial charge in [-0.2, -0.15) is 0 Å². The fourth-order valence-electron chi connectivity index (χ4n) is 3.62. The lowest BCUT2D eigenvalue weighted by molar-refractivity contribution is 0.558. The maximum absolute atomic E-state index is 5.71. The molecule has 1 aliphatic heterocycles. The fraction of sp³-hybridized carbons (Fsp3) is 0.308. The van der Waals surface area contributed by atoms with Crippen LogP contribution in [0.2, 0.25) is 0 Å². The summed E-state index contributed by atoms with van der Waals surface area (Å²) in [6, 6.07) is 29.6. The molecular formula is C26H33N3. The average molecular weight is 388 g/mol. The predicted octanol–water partition coefficient (Wildman–Crippen LogP) is 4.76. The second kappa shape index (κ2) is 11.4. The Hall–Kier alpha value is -2.62. The zero-order valence-corrected chi connectivity index (χ0v) is 17.4. The molecule has 3 nitrogen and oxygen atoms in total. The topological polar surface area (TPSA) is 41.3 Å². The number of nitrogens with one attached hydrogen (secondary N) is 1. The summed E-state index contributed by atoms with van der Waals surface area (Å²) in [5.41, 5.74) is 10.9. The van der Waals surface area contributed by atoms with Gasteiger partial charge in [0.05, 0.1) is 0 Å². The van der Waals surface area contributed by atoms with E-state index in [1.165, 1.54) is 28.8 Å². The quantitative estimate of drug-likeness (QED) is 0.641. The van der Waals surface area contributed by atoms with Crippen molar-refractivity contribution in [1.82, 2.24) is 5.32 Å². The molecule has 3 heteroatoms. The molecule has 152 valence electrons. The smallest absolute Gasteiger partial charge is 0.0429 e. The molecule has 0 aliphatic carbocycles. The molecule has 1 fully saturated rings. The number of benzene rings is 3. The zero-order valence-electron chi connectivity index (χ0n) is 17.4. The molecule has 3 N–H and O–H groups in total. The largest absolute Gasteiger partial charge is 0.367 e. The molecule has 29 heavy (non-hydrogen) atoms. The van der Waals surface area contributed by atoms with Crippen LogP contribution in [0.5, 0.6) is 0 Å². The van der Waals surface area contributed by atoms with Gasteiger partial charge in [0, 0.05) is 25.3 Å². The van der Waals surface area contributed by atoms with Crippen molar-refractivity contribution in [3.05, 3.63) is 102 Å². The third kappa shape index (κ3) is 7.04. The van der Waals surface area contributed by atoms with E-state index in [0.29, 0.717) is 6.54 Å². The van der Waals surface area contributed by atoms with E-state index in [1.807, 2.05) is 18.2 Å². The highest BCUT2D eigenvalue weighted by Crippen LogP contribution is 2.21. The molecule has 1 heterocycles. The van der Waals surface area contributed by atoms with Crippen molar-refractivity contribution >= 4 is 5.69 Å². The fourth-order valence-corrected chi connectivity index (χ4v) is 3.62. The lowest BCUT2D eigenvalue weighted by Gasteiger charge is -2.28. The summed E-state index contributed by atoms with van der Waals surface area (Å²) in [6.45, 7) is 7.02. The third-order valence-electron chi connectivity index (χ3n) is 5.33. The molecule has 0 aromatic heterocycles. The number of aryl methyl sites for hydroxylation is 1. The summed E-state index contributed by atoms with van der Waals surface area (Å²) < 4.78 is 0. The SMILES string of the molecule is Cc1ccccc1.NCc1ccc(N(Cc2ccccc2)CC2CCNC2)cc1. The first kappa shape index (κ1) is 21.1. The van der Waals surface area contributed by atoms with E-state index in [1.54, 1.807) is 0 Å². The van der Waals surface area contributed by atoms with E-state index in [0.717, 1.165) is 32.1 Å². The van der Waals surface area contributed by atoms with Crippen LogP contribution in [-0.2, 0) is 13.1 Å². The number of hydrogen-bond acceptors (Lipinski definition) is 3. The van der Waals surface area contributed by atoms with Gasteiger partial charge >= 0.3 is 0 Å². The Kier molecular flexibility index (Phi) is 8.29. The monoisotopic (exact) mass is 387 g/mol. The van der Waals surface area contributed by atoms with E-state index in [2.05, 4.69) is 83.9 Å². The third-order valence-corrected chi connectivity index (χ3v) is 5.33. The van der Waals surface area contributed by atoms with Crippen molar-refractivity contribution in [2.75, 3.05) is 24.5 Å². The molecule has 0 saturated carbocycles. The van der Waals surface area contributed by atoms with Gasteiger partial charge in [0.15, 0.2) is 0 Å². The Morgan fingerprint density at radius 3 is 2.03 bits per heavy atom. The van der Waals surface area contributed by atoms with Gasteiger partial charge in [0.25, 0.3) is 0 Å². The standard InChI is InChI=1S/C19H25N3.C7H8/c20-12-16-6-8-19(9-7-16)22(15-18-10-11-21-13-18)14-17-4-2-1-3-5-17;1-7-5-3-2-4-6-7/h1-9,18,21H,10-15,20H2;2-6H,1H3. The highest BCUT2D eigenvalue weighted by molar-refractivity contribution is 5.48. The second-order valence-electron chi connectivity index (χ2n) is 7.75. The predicted molar refractivity (Wildman–Crippen MR) is 124 cm³/mol. The van der Waals surface area contributed by atoms with Gasteiger partial charge in [-0.1, -0.05) is 78.4 Å². The van der Waals surface area contributed by atoms with E-state index < -0.39 is 0 Å². The molecule has 0 spiro atoms. The number of nitrogens with zero attached hydrogens (tertiary/aromatic N) is 1. The van der Waals surface area contributed by atoms with Crippen LogP contribution in [0.1, 0.15) is 23.1 Å². The summed E-state index contributed by atoms with van der Waals surface area (Å²) in [6.07, 6.45) is 1.27. The number of rotatable bonds is 6. The highest BCUT2D eigenvalue weighted by atomic mass is 15.1. The van der Waals surface area contributed by atoms with Gasteiger partial charge in [0.2, 0.25) is 0 Å². The Morgan fingerprint density at radius 1 is 0.862 bits per heavy atom. The van der Waals surface area contributed by atoms with E-state index in [9.17, 15) is 0 Å². The van der Waals surface area contributed by atoms with Gasteiger partial charge in [0.1, 0.15) is 0 Å². The van der Waals surface area contributed by atoms with Crippen LogP contribution in [0, 0.1) is 12.8 Å². The van der Waals surface area contributed by atoms with Gasteiger partial charge in [-0.05, 0) is 55.6 Å². The van der Waals surface area contributed by atoms with E-state index >= 15 is 0 Å². The van der Waals surface area contributed by atoms with Crippen LogP contribution in [0.4, 0.5) is 5.69 Å². The lowest BCUT2D eigenvalue weighted by Crippen LogP contribution is -2.30. The first-order valence-corrected chi connectivity index (χ1v) is 10.5.